The van der Waals surface area contributed by atoms with Crippen molar-refractivity contribution in [3.63, 3.8) is 0 Å². The molecule has 0 fully saturated rings. The van der Waals surface area contributed by atoms with E-state index in [1.807, 2.05) is 6.92 Å². The van der Waals surface area contributed by atoms with Crippen molar-refractivity contribution in [3.8, 4) is 5.75 Å². The van der Waals surface area contributed by atoms with Gasteiger partial charge in [0.25, 0.3) is 0 Å². The normalized spacial score (nSPS) is 12.2. The molecule has 0 aliphatic heterocycles. The Hall–Kier alpha value is -1.58. The van der Waals surface area contributed by atoms with Gasteiger partial charge in [0.05, 0.1) is 13.5 Å². The molecule has 1 atom stereocenters. The van der Waals surface area contributed by atoms with Crippen LogP contribution in [0.15, 0.2) is 18.2 Å². The van der Waals surface area contributed by atoms with Crippen LogP contribution in [0, 0.1) is 5.82 Å². The molecule has 0 radical (unpaired) electrons. The lowest BCUT2D eigenvalue weighted by Gasteiger charge is -2.14. The maximum atomic E-state index is 13.2. The van der Waals surface area contributed by atoms with Gasteiger partial charge in [0.15, 0.2) is 0 Å². The van der Waals surface area contributed by atoms with Crippen molar-refractivity contribution in [2.24, 2.45) is 0 Å². The summed E-state index contributed by atoms with van der Waals surface area (Å²) in [7, 11) is 1.46. The quantitative estimate of drug-likeness (QED) is 0.839. The molecule has 0 saturated carbocycles. The highest BCUT2D eigenvalue weighted by Crippen LogP contribution is 2.27. The SMILES string of the molecule is CC[C@@H](CC(=O)O)c1cc(F)cc(OC)c1. The van der Waals surface area contributed by atoms with Crippen molar-refractivity contribution in [2.75, 3.05) is 7.11 Å². The van der Waals surface area contributed by atoms with Crippen LogP contribution in [0.1, 0.15) is 31.2 Å². The molecule has 3 nitrogen and oxygen atoms in total. The van der Waals surface area contributed by atoms with E-state index in [9.17, 15) is 9.18 Å². The fourth-order valence-electron chi connectivity index (χ4n) is 1.65. The van der Waals surface area contributed by atoms with Gasteiger partial charge >= 0.3 is 5.97 Å². The summed E-state index contributed by atoms with van der Waals surface area (Å²) in [6.07, 6.45) is 0.655. The maximum absolute atomic E-state index is 13.2. The van der Waals surface area contributed by atoms with Crippen LogP contribution >= 0.6 is 0 Å². The predicted octanol–water partition coefficient (Wildman–Crippen LogP) is 2.80. The van der Waals surface area contributed by atoms with Gasteiger partial charge in [-0.25, -0.2) is 4.39 Å². The van der Waals surface area contributed by atoms with Crippen LogP contribution in [0.5, 0.6) is 5.75 Å². The number of benzene rings is 1. The summed E-state index contributed by atoms with van der Waals surface area (Å²) in [5, 5.41) is 8.75. The largest absolute Gasteiger partial charge is 0.497 e. The molecular weight excluding hydrogens is 211 g/mol. The zero-order chi connectivity index (χ0) is 12.1. The second kappa shape index (κ2) is 5.49. The molecule has 0 aliphatic rings. The van der Waals surface area contributed by atoms with E-state index in [1.165, 1.54) is 19.2 Å². The molecule has 1 aromatic rings. The van der Waals surface area contributed by atoms with Crippen LogP contribution in [0.2, 0.25) is 0 Å². The van der Waals surface area contributed by atoms with E-state index in [2.05, 4.69) is 0 Å². The zero-order valence-corrected chi connectivity index (χ0v) is 9.37. The number of carboxylic acid groups (broad SMARTS) is 1. The van der Waals surface area contributed by atoms with Gasteiger partial charge in [-0.1, -0.05) is 6.92 Å². The first-order valence-electron chi connectivity index (χ1n) is 5.13. The van der Waals surface area contributed by atoms with Crippen molar-refractivity contribution >= 4 is 5.97 Å². The molecule has 1 rings (SSSR count). The first kappa shape index (κ1) is 12.5. The number of aliphatic carboxylic acids is 1. The van der Waals surface area contributed by atoms with Crippen LogP contribution in [0.3, 0.4) is 0 Å². The molecule has 0 saturated heterocycles. The number of carboxylic acids is 1. The standard InChI is InChI=1S/C12H15FO3/c1-3-8(6-12(14)15)9-4-10(13)7-11(5-9)16-2/h4-5,7-8H,3,6H2,1-2H3,(H,14,15)/t8-/m0/s1. The summed E-state index contributed by atoms with van der Waals surface area (Å²) >= 11 is 0. The van der Waals surface area contributed by atoms with Crippen molar-refractivity contribution < 1.29 is 19.0 Å². The summed E-state index contributed by atoms with van der Waals surface area (Å²) in [5.41, 5.74) is 0.668. The minimum absolute atomic E-state index is 0.00308. The Morgan fingerprint density at radius 3 is 2.69 bits per heavy atom. The Morgan fingerprint density at radius 2 is 2.19 bits per heavy atom. The molecule has 88 valence electrons. The smallest absolute Gasteiger partial charge is 0.303 e. The monoisotopic (exact) mass is 226 g/mol. The van der Waals surface area contributed by atoms with Crippen molar-refractivity contribution in [2.45, 2.75) is 25.7 Å². The molecule has 0 spiro atoms. The Kier molecular flexibility index (Phi) is 4.28. The summed E-state index contributed by atoms with van der Waals surface area (Å²) in [5.74, 6) is -1.05. The lowest BCUT2D eigenvalue weighted by atomic mass is 9.93. The number of methoxy groups -OCH3 is 1. The molecular formula is C12H15FO3. The van der Waals surface area contributed by atoms with E-state index in [4.69, 9.17) is 9.84 Å². The molecule has 0 aliphatic carbocycles. The fraction of sp³-hybridized carbons (Fsp3) is 0.417. The average molecular weight is 226 g/mol. The summed E-state index contributed by atoms with van der Waals surface area (Å²) < 4.78 is 18.2. The Bertz CT molecular complexity index is 377. The number of hydrogen-bond donors (Lipinski definition) is 1. The Balaban J connectivity index is 2.99. The number of halogens is 1. The van der Waals surface area contributed by atoms with Gasteiger partial charge in [-0.05, 0) is 30.0 Å². The van der Waals surface area contributed by atoms with Gasteiger partial charge in [0.1, 0.15) is 11.6 Å². The highest BCUT2D eigenvalue weighted by atomic mass is 19.1. The third kappa shape index (κ3) is 3.22. The first-order valence-corrected chi connectivity index (χ1v) is 5.13. The molecule has 0 heterocycles. The van der Waals surface area contributed by atoms with Crippen molar-refractivity contribution in [1.82, 2.24) is 0 Å². The minimum atomic E-state index is -0.880. The molecule has 0 unspecified atom stereocenters. The van der Waals surface area contributed by atoms with Gasteiger partial charge in [0, 0.05) is 6.07 Å². The van der Waals surface area contributed by atoms with E-state index in [1.54, 1.807) is 6.07 Å². The van der Waals surface area contributed by atoms with E-state index >= 15 is 0 Å². The van der Waals surface area contributed by atoms with Gasteiger partial charge in [-0.3, -0.25) is 4.79 Å². The van der Waals surface area contributed by atoms with E-state index in [0.29, 0.717) is 17.7 Å². The molecule has 1 aromatic carbocycles. The van der Waals surface area contributed by atoms with E-state index in [-0.39, 0.29) is 12.3 Å². The number of rotatable bonds is 5. The molecule has 4 heteroatoms. The van der Waals surface area contributed by atoms with E-state index in [0.717, 1.165) is 0 Å². The topological polar surface area (TPSA) is 46.5 Å². The summed E-state index contributed by atoms with van der Waals surface area (Å²) in [4.78, 5) is 10.7. The maximum Gasteiger partial charge on any atom is 0.303 e. The second-order valence-corrected chi connectivity index (χ2v) is 3.63. The summed E-state index contributed by atoms with van der Waals surface area (Å²) in [6, 6.07) is 4.32. The third-order valence-electron chi connectivity index (χ3n) is 2.51. The van der Waals surface area contributed by atoms with Crippen LogP contribution in [0.4, 0.5) is 4.39 Å². The predicted molar refractivity (Wildman–Crippen MR) is 58.2 cm³/mol. The molecule has 1 N–H and O–H groups in total. The minimum Gasteiger partial charge on any atom is -0.497 e. The Morgan fingerprint density at radius 1 is 1.50 bits per heavy atom. The molecule has 0 amide bonds. The van der Waals surface area contributed by atoms with Crippen molar-refractivity contribution in [1.29, 1.82) is 0 Å². The third-order valence-corrected chi connectivity index (χ3v) is 2.51. The van der Waals surface area contributed by atoms with Crippen LogP contribution in [-0.4, -0.2) is 18.2 Å². The lowest BCUT2D eigenvalue weighted by molar-refractivity contribution is -0.137. The highest BCUT2D eigenvalue weighted by molar-refractivity contribution is 5.68. The van der Waals surface area contributed by atoms with Crippen LogP contribution in [-0.2, 0) is 4.79 Å². The molecule has 16 heavy (non-hydrogen) atoms. The fourth-order valence-corrected chi connectivity index (χ4v) is 1.65. The second-order valence-electron chi connectivity index (χ2n) is 3.63. The lowest BCUT2D eigenvalue weighted by Crippen LogP contribution is -2.06. The average Bonchev–Trinajstić information content (AvgIpc) is 2.24. The summed E-state index contributed by atoms with van der Waals surface area (Å²) in [6.45, 7) is 1.88. The molecule has 0 bridgehead atoms. The Labute approximate surface area is 93.9 Å². The van der Waals surface area contributed by atoms with Crippen LogP contribution in [0.25, 0.3) is 0 Å². The van der Waals surface area contributed by atoms with Gasteiger partial charge in [0.2, 0.25) is 0 Å². The van der Waals surface area contributed by atoms with Gasteiger partial charge in [-0.2, -0.15) is 0 Å². The number of carbonyl (C=O) groups is 1. The van der Waals surface area contributed by atoms with Gasteiger partial charge in [-0.15, -0.1) is 0 Å². The van der Waals surface area contributed by atoms with Crippen molar-refractivity contribution in [3.05, 3.63) is 29.6 Å². The number of ether oxygens (including phenoxy) is 1. The highest BCUT2D eigenvalue weighted by Gasteiger charge is 2.15. The van der Waals surface area contributed by atoms with Crippen LogP contribution < -0.4 is 4.74 Å². The zero-order valence-electron chi connectivity index (χ0n) is 9.37. The van der Waals surface area contributed by atoms with Gasteiger partial charge < -0.3 is 9.84 Å². The molecule has 0 aromatic heterocycles. The first-order chi connectivity index (χ1) is 7.56. The van der Waals surface area contributed by atoms with E-state index < -0.39 is 11.8 Å². The number of hydrogen-bond acceptors (Lipinski definition) is 2.